The summed E-state index contributed by atoms with van der Waals surface area (Å²) < 4.78 is 0. The number of anilines is 1. The number of hydrogen-bond donors (Lipinski definition) is 1. The minimum atomic E-state index is -0.633. The SMILES string of the molecule is CC[C@@H](C(=O)NC(C)C)N(Cc1cccc(C)c1)C(=O)CN1C(=O)c2cccc3cccc1c23. The van der Waals surface area contributed by atoms with Crippen LogP contribution < -0.4 is 10.2 Å². The number of hydrogen-bond acceptors (Lipinski definition) is 3. The van der Waals surface area contributed by atoms with Crippen LogP contribution in [-0.2, 0) is 16.1 Å². The van der Waals surface area contributed by atoms with E-state index in [1.165, 1.54) is 4.90 Å². The third-order valence-electron chi connectivity index (χ3n) is 6.19. The molecule has 34 heavy (non-hydrogen) atoms. The van der Waals surface area contributed by atoms with Gasteiger partial charge in [0.25, 0.3) is 5.91 Å². The maximum Gasteiger partial charge on any atom is 0.259 e. The number of carbonyl (C=O) groups is 3. The summed E-state index contributed by atoms with van der Waals surface area (Å²) >= 11 is 0. The van der Waals surface area contributed by atoms with Crippen LogP contribution in [0.3, 0.4) is 0 Å². The van der Waals surface area contributed by atoms with Crippen molar-refractivity contribution in [3.8, 4) is 0 Å². The normalized spacial score (nSPS) is 13.4. The van der Waals surface area contributed by atoms with Crippen LogP contribution in [0.2, 0.25) is 0 Å². The molecule has 0 aliphatic carbocycles. The Balaban J connectivity index is 1.66. The fourth-order valence-electron chi connectivity index (χ4n) is 4.67. The summed E-state index contributed by atoms with van der Waals surface area (Å²) in [7, 11) is 0. The van der Waals surface area contributed by atoms with Crippen LogP contribution in [0.5, 0.6) is 0 Å². The molecule has 0 saturated heterocycles. The van der Waals surface area contributed by atoms with E-state index in [4.69, 9.17) is 0 Å². The van der Waals surface area contributed by atoms with E-state index in [0.717, 1.165) is 27.6 Å². The number of nitrogens with zero attached hydrogens (tertiary/aromatic N) is 2. The second kappa shape index (κ2) is 9.67. The quantitative estimate of drug-likeness (QED) is 0.544. The molecule has 3 amide bonds. The summed E-state index contributed by atoms with van der Waals surface area (Å²) in [4.78, 5) is 43.2. The molecule has 4 rings (SSSR count). The van der Waals surface area contributed by atoms with Crippen molar-refractivity contribution in [2.24, 2.45) is 0 Å². The highest BCUT2D eigenvalue weighted by atomic mass is 16.2. The molecule has 1 aliphatic rings. The number of nitrogens with one attached hydrogen (secondary N) is 1. The Bertz CT molecular complexity index is 1250. The van der Waals surface area contributed by atoms with Gasteiger partial charge in [-0.1, -0.05) is 61.0 Å². The first-order valence-electron chi connectivity index (χ1n) is 11.8. The van der Waals surface area contributed by atoms with Gasteiger partial charge in [0.15, 0.2) is 0 Å². The van der Waals surface area contributed by atoms with Gasteiger partial charge >= 0.3 is 0 Å². The van der Waals surface area contributed by atoms with Gasteiger partial charge in [-0.25, -0.2) is 0 Å². The van der Waals surface area contributed by atoms with Gasteiger partial charge in [0.05, 0.1) is 5.69 Å². The van der Waals surface area contributed by atoms with E-state index in [-0.39, 0.29) is 30.3 Å². The minimum absolute atomic E-state index is 0.0373. The number of amides is 3. The largest absolute Gasteiger partial charge is 0.352 e. The molecule has 6 nitrogen and oxygen atoms in total. The highest BCUT2D eigenvalue weighted by molar-refractivity contribution is 6.26. The van der Waals surface area contributed by atoms with Crippen molar-refractivity contribution < 1.29 is 14.4 Å². The topological polar surface area (TPSA) is 69.7 Å². The van der Waals surface area contributed by atoms with Crippen molar-refractivity contribution in [2.75, 3.05) is 11.4 Å². The van der Waals surface area contributed by atoms with Crippen LogP contribution >= 0.6 is 0 Å². The van der Waals surface area contributed by atoms with Crippen LogP contribution in [0, 0.1) is 6.92 Å². The standard InChI is InChI=1S/C28H31N3O3/c1-5-23(27(33)29-18(2)3)30(16-20-10-6-9-19(4)15-20)25(32)17-31-24-14-8-12-21-11-7-13-22(26(21)24)28(31)34/h6-15,18,23H,5,16-17H2,1-4H3,(H,29,33)/t23-/m0/s1. The lowest BCUT2D eigenvalue weighted by Crippen LogP contribution is -2.53. The average molecular weight is 458 g/mol. The molecule has 3 aromatic rings. The van der Waals surface area contributed by atoms with Gasteiger partial charge in [-0.15, -0.1) is 0 Å². The van der Waals surface area contributed by atoms with E-state index in [1.54, 1.807) is 11.0 Å². The first-order chi connectivity index (χ1) is 16.3. The van der Waals surface area contributed by atoms with E-state index >= 15 is 0 Å². The third-order valence-corrected chi connectivity index (χ3v) is 6.19. The number of carbonyl (C=O) groups excluding carboxylic acids is 3. The summed E-state index contributed by atoms with van der Waals surface area (Å²) in [6.07, 6.45) is 0.472. The number of aryl methyl sites for hydroxylation is 1. The average Bonchev–Trinajstić information content (AvgIpc) is 3.06. The van der Waals surface area contributed by atoms with Crippen molar-refractivity contribution in [2.45, 2.75) is 52.7 Å². The van der Waals surface area contributed by atoms with Crippen molar-refractivity contribution >= 4 is 34.2 Å². The highest BCUT2D eigenvalue weighted by Crippen LogP contribution is 2.37. The molecule has 1 N–H and O–H groups in total. The molecule has 0 aromatic heterocycles. The van der Waals surface area contributed by atoms with Gasteiger partial charge < -0.3 is 10.2 Å². The first-order valence-corrected chi connectivity index (χ1v) is 11.8. The lowest BCUT2D eigenvalue weighted by Gasteiger charge is -2.32. The van der Waals surface area contributed by atoms with Crippen LogP contribution in [0.1, 0.15) is 48.7 Å². The maximum absolute atomic E-state index is 13.7. The van der Waals surface area contributed by atoms with Gasteiger partial charge in [0.2, 0.25) is 11.8 Å². The third kappa shape index (κ3) is 4.53. The smallest absolute Gasteiger partial charge is 0.259 e. The summed E-state index contributed by atoms with van der Waals surface area (Å²) in [5.74, 6) is -0.627. The summed E-state index contributed by atoms with van der Waals surface area (Å²) in [5.41, 5.74) is 3.38. The fourth-order valence-corrected chi connectivity index (χ4v) is 4.67. The van der Waals surface area contributed by atoms with Crippen LogP contribution in [-0.4, -0.2) is 41.2 Å². The van der Waals surface area contributed by atoms with Crippen LogP contribution in [0.25, 0.3) is 10.8 Å². The van der Waals surface area contributed by atoms with Crippen molar-refractivity contribution in [1.29, 1.82) is 0 Å². The molecular formula is C28H31N3O3. The van der Waals surface area contributed by atoms with E-state index in [2.05, 4.69) is 5.32 Å². The zero-order valence-corrected chi connectivity index (χ0v) is 20.2. The Kier molecular flexibility index (Phi) is 6.68. The Labute approximate surface area is 200 Å². The van der Waals surface area contributed by atoms with Gasteiger partial charge in [-0.3, -0.25) is 19.3 Å². The predicted molar refractivity (Wildman–Crippen MR) is 135 cm³/mol. The number of benzene rings is 3. The predicted octanol–water partition coefficient (Wildman–Crippen LogP) is 4.44. The van der Waals surface area contributed by atoms with Crippen molar-refractivity contribution in [3.63, 3.8) is 0 Å². The highest BCUT2D eigenvalue weighted by Gasteiger charge is 2.35. The second-order valence-electron chi connectivity index (χ2n) is 9.17. The Morgan fingerprint density at radius 3 is 2.41 bits per heavy atom. The Hall–Kier alpha value is -3.67. The molecule has 3 aromatic carbocycles. The Morgan fingerprint density at radius 2 is 1.74 bits per heavy atom. The molecule has 0 spiro atoms. The lowest BCUT2D eigenvalue weighted by atomic mass is 10.1. The van der Waals surface area contributed by atoms with Crippen molar-refractivity contribution in [3.05, 3.63) is 77.4 Å². The monoisotopic (exact) mass is 457 g/mol. The molecule has 0 radical (unpaired) electrons. The van der Waals surface area contributed by atoms with E-state index < -0.39 is 6.04 Å². The molecule has 0 unspecified atom stereocenters. The molecule has 0 saturated carbocycles. The van der Waals surface area contributed by atoms with Crippen LogP contribution in [0.4, 0.5) is 5.69 Å². The maximum atomic E-state index is 13.7. The van der Waals surface area contributed by atoms with Gasteiger partial charge in [0, 0.05) is 23.5 Å². The molecule has 1 atom stereocenters. The molecular weight excluding hydrogens is 426 g/mol. The lowest BCUT2D eigenvalue weighted by molar-refractivity contribution is -0.140. The zero-order chi connectivity index (χ0) is 24.4. The fraction of sp³-hybridized carbons (Fsp3) is 0.321. The molecule has 1 aliphatic heterocycles. The molecule has 0 fully saturated rings. The van der Waals surface area contributed by atoms with E-state index in [1.807, 2.05) is 82.3 Å². The first kappa shape index (κ1) is 23.5. The van der Waals surface area contributed by atoms with Crippen molar-refractivity contribution in [1.82, 2.24) is 10.2 Å². The molecule has 6 heteroatoms. The molecule has 176 valence electrons. The van der Waals surface area contributed by atoms with E-state index in [0.29, 0.717) is 18.5 Å². The molecule has 0 bridgehead atoms. The summed E-state index contributed by atoms with van der Waals surface area (Å²) in [6, 6.07) is 18.6. The van der Waals surface area contributed by atoms with Crippen LogP contribution in [0.15, 0.2) is 60.7 Å². The Morgan fingerprint density at radius 1 is 1.03 bits per heavy atom. The minimum Gasteiger partial charge on any atom is -0.352 e. The summed E-state index contributed by atoms with van der Waals surface area (Å²) in [5, 5.41) is 4.79. The second-order valence-corrected chi connectivity index (χ2v) is 9.17. The summed E-state index contributed by atoms with van der Waals surface area (Å²) in [6.45, 7) is 7.88. The van der Waals surface area contributed by atoms with Gasteiger partial charge in [-0.2, -0.15) is 0 Å². The zero-order valence-electron chi connectivity index (χ0n) is 20.2. The number of rotatable bonds is 8. The van der Waals surface area contributed by atoms with Gasteiger partial charge in [-0.05, 0) is 50.3 Å². The molecule has 1 heterocycles. The van der Waals surface area contributed by atoms with Gasteiger partial charge in [0.1, 0.15) is 12.6 Å². The van der Waals surface area contributed by atoms with E-state index in [9.17, 15) is 14.4 Å².